The molecule has 0 saturated heterocycles. The summed E-state index contributed by atoms with van der Waals surface area (Å²) >= 11 is 5.90. The van der Waals surface area contributed by atoms with Crippen LogP contribution in [-0.4, -0.2) is 25.8 Å². The number of fused-ring (bicyclic) bond motifs is 1. The van der Waals surface area contributed by atoms with E-state index >= 15 is 0 Å². The topological polar surface area (TPSA) is 85.8 Å². The van der Waals surface area contributed by atoms with Gasteiger partial charge in [-0.1, -0.05) is 23.7 Å². The number of hydrogen-bond donors (Lipinski definition) is 1. The van der Waals surface area contributed by atoms with Crippen molar-refractivity contribution >= 4 is 28.6 Å². The molecule has 0 bridgehead atoms. The maximum atomic E-state index is 12.5. The first-order valence-corrected chi connectivity index (χ1v) is 8.84. The number of pyridine rings is 1. The molecule has 0 fully saturated rings. The van der Waals surface area contributed by atoms with Gasteiger partial charge in [-0.3, -0.25) is 4.79 Å². The summed E-state index contributed by atoms with van der Waals surface area (Å²) in [5, 5.41) is 12.6. The molecule has 0 radical (unpaired) electrons. The van der Waals surface area contributed by atoms with Crippen molar-refractivity contribution in [1.82, 2.24) is 25.2 Å². The molecule has 0 saturated carbocycles. The molecular formula is C19H16ClN5O2. The van der Waals surface area contributed by atoms with Crippen LogP contribution >= 0.6 is 11.6 Å². The van der Waals surface area contributed by atoms with Crippen LogP contribution in [0.1, 0.15) is 28.5 Å². The van der Waals surface area contributed by atoms with Gasteiger partial charge in [-0.2, -0.15) is 5.10 Å². The van der Waals surface area contributed by atoms with Crippen LogP contribution in [0, 0.1) is 0 Å². The normalized spacial score (nSPS) is 11.0. The maximum absolute atomic E-state index is 12.5. The van der Waals surface area contributed by atoms with Gasteiger partial charge in [0.2, 0.25) is 0 Å². The van der Waals surface area contributed by atoms with E-state index in [4.69, 9.17) is 16.1 Å². The molecule has 1 N–H and O–H groups in total. The Morgan fingerprint density at radius 2 is 2.07 bits per heavy atom. The lowest BCUT2D eigenvalue weighted by atomic mass is 10.1. The minimum atomic E-state index is -0.216. The van der Waals surface area contributed by atoms with Crippen molar-refractivity contribution in [1.29, 1.82) is 0 Å². The van der Waals surface area contributed by atoms with Crippen molar-refractivity contribution in [3.63, 3.8) is 0 Å². The van der Waals surface area contributed by atoms with Crippen LogP contribution in [0.3, 0.4) is 0 Å². The van der Waals surface area contributed by atoms with E-state index in [0.29, 0.717) is 29.3 Å². The molecule has 0 aliphatic carbocycles. The highest BCUT2D eigenvalue weighted by atomic mass is 35.5. The van der Waals surface area contributed by atoms with E-state index in [0.717, 1.165) is 22.3 Å². The van der Waals surface area contributed by atoms with Gasteiger partial charge in [0.1, 0.15) is 0 Å². The molecule has 1 amide bonds. The minimum Gasteiger partial charge on any atom is -0.348 e. The minimum absolute atomic E-state index is 0.216. The molecule has 0 aliphatic rings. The molecule has 4 rings (SSSR count). The SMILES string of the molecule is CCc1noc2ncc(C(=O)NCc3cnn(-c4ccc(Cl)cc4)c3)cc12. The molecule has 0 aliphatic heterocycles. The number of carbonyl (C=O) groups is 1. The highest BCUT2D eigenvalue weighted by Crippen LogP contribution is 2.18. The summed E-state index contributed by atoms with van der Waals surface area (Å²) in [6.07, 6.45) is 5.77. The fraction of sp³-hybridized carbons (Fsp3) is 0.158. The van der Waals surface area contributed by atoms with Crippen LogP contribution in [0.5, 0.6) is 0 Å². The highest BCUT2D eigenvalue weighted by Gasteiger charge is 2.13. The molecule has 0 atom stereocenters. The van der Waals surface area contributed by atoms with Crippen molar-refractivity contribution in [2.45, 2.75) is 19.9 Å². The second-order valence-corrected chi connectivity index (χ2v) is 6.45. The highest BCUT2D eigenvalue weighted by molar-refractivity contribution is 6.30. The average molecular weight is 382 g/mol. The summed E-state index contributed by atoms with van der Waals surface area (Å²) in [6, 6.07) is 9.12. The lowest BCUT2D eigenvalue weighted by Crippen LogP contribution is -2.22. The number of amides is 1. The van der Waals surface area contributed by atoms with E-state index in [-0.39, 0.29) is 5.91 Å². The molecule has 1 aromatic carbocycles. The number of nitrogens with zero attached hydrogens (tertiary/aromatic N) is 4. The Kier molecular flexibility index (Phi) is 4.60. The molecule has 4 aromatic rings. The second kappa shape index (κ2) is 7.20. The summed E-state index contributed by atoms with van der Waals surface area (Å²) in [5.41, 5.74) is 3.47. The van der Waals surface area contributed by atoms with E-state index in [1.807, 2.05) is 25.3 Å². The fourth-order valence-electron chi connectivity index (χ4n) is 2.73. The van der Waals surface area contributed by atoms with Crippen LogP contribution in [0.25, 0.3) is 16.8 Å². The predicted octanol–water partition coefficient (Wildman–Crippen LogP) is 3.55. The zero-order valence-corrected chi connectivity index (χ0v) is 15.3. The number of aryl methyl sites for hydroxylation is 1. The van der Waals surface area contributed by atoms with Gasteiger partial charge < -0.3 is 9.84 Å². The lowest BCUT2D eigenvalue weighted by molar-refractivity contribution is 0.0950. The van der Waals surface area contributed by atoms with Crippen LogP contribution < -0.4 is 5.32 Å². The summed E-state index contributed by atoms with van der Waals surface area (Å²) in [7, 11) is 0. The summed E-state index contributed by atoms with van der Waals surface area (Å²) in [5.74, 6) is -0.216. The number of halogens is 1. The van der Waals surface area contributed by atoms with Crippen molar-refractivity contribution < 1.29 is 9.32 Å². The Hall–Kier alpha value is -3.19. The van der Waals surface area contributed by atoms with Crippen molar-refractivity contribution in [2.75, 3.05) is 0 Å². The van der Waals surface area contributed by atoms with Gasteiger partial charge in [0, 0.05) is 29.5 Å². The molecule has 3 aromatic heterocycles. The van der Waals surface area contributed by atoms with Crippen molar-refractivity contribution in [3.05, 3.63) is 70.8 Å². The predicted molar refractivity (Wildman–Crippen MR) is 101 cm³/mol. The summed E-state index contributed by atoms with van der Waals surface area (Å²) in [4.78, 5) is 16.6. The molecule has 3 heterocycles. The van der Waals surface area contributed by atoms with Crippen molar-refractivity contribution in [3.8, 4) is 5.69 Å². The van der Waals surface area contributed by atoms with Gasteiger partial charge in [-0.15, -0.1) is 0 Å². The Morgan fingerprint density at radius 3 is 2.85 bits per heavy atom. The molecular weight excluding hydrogens is 366 g/mol. The number of hydrogen-bond acceptors (Lipinski definition) is 5. The molecule has 8 heteroatoms. The molecule has 136 valence electrons. The second-order valence-electron chi connectivity index (χ2n) is 6.01. The van der Waals surface area contributed by atoms with Crippen molar-refractivity contribution in [2.24, 2.45) is 0 Å². The summed E-state index contributed by atoms with van der Waals surface area (Å²) in [6.45, 7) is 2.33. The van der Waals surface area contributed by atoms with Gasteiger partial charge in [-0.05, 0) is 36.8 Å². The molecule has 0 unspecified atom stereocenters. The average Bonchev–Trinajstić information content (AvgIpc) is 3.33. The first kappa shape index (κ1) is 17.2. The van der Waals surface area contributed by atoms with Crippen LogP contribution in [0.2, 0.25) is 5.02 Å². The smallest absolute Gasteiger partial charge is 0.257 e. The van der Waals surface area contributed by atoms with Crippen LogP contribution in [0.4, 0.5) is 0 Å². The fourth-order valence-corrected chi connectivity index (χ4v) is 2.86. The molecule has 7 nitrogen and oxygen atoms in total. The number of nitrogens with one attached hydrogen (secondary N) is 1. The maximum Gasteiger partial charge on any atom is 0.257 e. The largest absolute Gasteiger partial charge is 0.348 e. The van der Waals surface area contributed by atoms with E-state index in [1.165, 1.54) is 6.20 Å². The number of benzene rings is 1. The van der Waals surface area contributed by atoms with Crippen LogP contribution in [0.15, 0.2) is 53.4 Å². The van der Waals surface area contributed by atoms with E-state index in [9.17, 15) is 4.79 Å². The van der Waals surface area contributed by atoms with Gasteiger partial charge in [0.15, 0.2) is 0 Å². The zero-order valence-electron chi connectivity index (χ0n) is 14.5. The van der Waals surface area contributed by atoms with Crippen LogP contribution in [-0.2, 0) is 13.0 Å². The number of rotatable bonds is 5. The van der Waals surface area contributed by atoms with E-state index < -0.39 is 0 Å². The Labute approximate surface area is 159 Å². The third-order valence-corrected chi connectivity index (χ3v) is 4.43. The zero-order chi connectivity index (χ0) is 18.8. The summed E-state index contributed by atoms with van der Waals surface area (Å²) < 4.78 is 6.88. The van der Waals surface area contributed by atoms with E-state index in [2.05, 4.69) is 20.6 Å². The standard InChI is InChI=1S/C19H16ClN5O2/c1-2-17-16-7-13(10-22-19(16)27-24-17)18(26)21-8-12-9-23-25(11-12)15-5-3-14(20)4-6-15/h3-7,9-11H,2,8H2,1H3,(H,21,26). The van der Waals surface area contributed by atoms with E-state index in [1.54, 1.807) is 29.1 Å². The molecule has 27 heavy (non-hydrogen) atoms. The lowest BCUT2D eigenvalue weighted by Gasteiger charge is -2.03. The monoisotopic (exact) mass is 381 g/mol. The quantitative estimate of drug-likeness (QED) is 0.571. The van der Waals surface area contributed by atoms with Gasteiger partial charge in [0.05, 0.1) is 28.5 Å². The third kappa shape index (κ3) is 3.54. The Morgan fingerprint density at radius 1 is 1.26 bits per heavy atom. The Balaban J connectivity index is 1.46. The first-order valence-electron chi connectivity index (χ1n) is 8.46. The first-order chi connectivity index (χ1) is 13.1. The third-order valence-electron chi connectivity index (χ3n) is 4.18. The number of carbonyl (C=O) groups excluding carboxylic acids is 1. The Bertz CT molecular complexity index is 1100. The number of aromatic nitrogens is 4. The molecule has 0 spiro atoms. The van der Waals surface area contributed by atoms with Gasteiger partial charge in [0.25, 0.3) is 11.6 Å². The van der Waals surface area contributed by atoms with Gasteiger partial charge >= 0.3 is 0 Å². The van der Waals surface area contributed by atoms with Gasteiger partial charge in [-0.25, -0.2) is 9.67 Å².